The van der Waals surface area contributed by atoms with E-state index in [0.29, 0.717) is 25.6 Å². The van der Waals surface area contributed by atoms with Crippen molar-refractivity contribution in [3.05, 3.63) is 0 Å². The van der Waals surface area contributed by atoms with Gasteiger partial charge in [-0.15, -0.1) is 0 Å². The van der Waals surface area contributed by atoms with Crippen LogP contribution in [0.25, 0.3) is 0 Å². The fourth-order valence-electron chi connectivity index (χ4n) is 2.89. The van der Waals surface area contributed by atoms with Gasteiger partial charge in [0, 0.05) is 25.6 Å². The number of carbonyl (C=O) groups is 2. The van der Waals surface area contributed by atoms with Gasteiger partial charge in [-0.05, 0) is 25.3 Å². The summed E-state index contributed by atoms with van der Waals surface area (Å²) in [5.41, 5.74) is 0. The summed E-state index contributed by atoms with van der Waals surface area (Å²) in [4.78, 5) is 26.0. The molecule has 2 rings (SSSR count). The lowest BCUT2D eigenvalue weighted by atomic mass is 9.98. The van der Waals surface area contributed by atoms with Gasteiger partial charge in [-0.3, -0.25) is 9.59 Å². The Morgan fingerprint density at radius 2 is 2.22 bits per heavy atom. The van der Waals surface area contributed by atoms with Crippen LogP contribution in [-0.2, 0) is 9.59 Å². The highest BCUT2D eigenvalue weighted by Crippen LogP contribution is 2.17. The van der Waals surface area contributed by atoms with Crippen LogP contribution in [0.4, 0.5) is 0 Å². The number of nitrogens with zero attached hydrogens (tertiary/aromatic N) is 1. The second-order valence-electron chi connectivity index (χ2n) is 5.56. The SMILES string of the molecule is CC(C)C1C(=O)NCCN1C(=O)CC1CCCN1. The van der Waals surface area contributed by atoms with Gasteiger partial charge in [0.05, 0.1) is 0 Å². The van der Waals surface area contributed by atoms with E-state index in [9.17, 15) is 9.59 Å². The first-order chi connectivity index (χ1) is 8.59. The van der Waals surface area contributed by atoms with Crippen molar-refractivity contribution in [2.24, 2.45) is 5.92 Å². The van der Waals surface area contributed by atoms with E-state index in [1.165, 1.54) is 0 Å². The Kier molecular flexibility index (Phi) is 4.22. The lowest BCUT2D eigenvalue weighted by Gasteiger charge is -2.37. The molecule has 2 saturated heterocycles. The second kappa shape index (κ2) is 5.69. The predicted molar refractivity (Wildman–Crippen MR) is 69.0 cm³/mol. The van der Waals surface area contributed by atoms with Crippen molar-refractivity contribution in [2.45, 2.75) is 45.2 Å². The molecule has 2 fully saturated rings. The van der Waals surface area contributed by atoms with Crippen LogP contribution in [-0.4, -0.2) is 48.4 Å². The molecular formula is C13H23N3O2. The molecule has 0 aromatic carbocycles. The predicted octanol–water partition coefficient (Wildman–Crippen LogP) is 0.112. The van der Waals surface area contributed by atoms with E-state index in [1.54, 1.807) is 4.90 Å². The Hall–Kier alpha value is -1.10. The zero-order valence-corrected chi connectivity index (χ0v) is 11.2. The molecule has 0 radical (unpaired) electrons. The summed E-state index contributed by atoms with van der Waals surface area (Å²) < 4.78 is 0. The van der Waals surface area contributed by atoms with E-state index < -0.39 is 0 Å². The normalized spacial score (nSPS) is 28.6. The third-order valence-electron chi connectivity index (χ3n) is 3.79. The van der Waals surface area contributed by atoms with Crippen LogP contribution in [0.5, 0.6) is 0 Å². The van der Waals surface area contributed by atoms with Gasteiger partial charge in [0.2, 0.25) is 11.8 Å². The molecule has 2 unspecified atom stereocenters. The van der Waals surface area contributed by atoms with Crippen molar-refractivity contribution in [2.75, 3.05) is 19.6 Å². The average molecular weight is 253 g/mol. The standard InChI is InChI=1S/C13H23N3O2/c1-9(2)12-13(18)15-6-7-16(12)11(17)8-10-4-3-5-14-10/h9-10,12,14H,3-8H2,1-2H3,(H,15,18). The molecule has 0 spiro atoms. The van der Waals surface area contributed by atoms with E-state index in [2.05, 4.69) is 10.6 Å². The summed E-state index contributed by atoms with van der Waals surface area (Å²) in [5.74, 6) is 0.262. The first-order valence-electron chi connectivity index (χ1n) is 6.90. The van der Waals surface area contributed by atoms with Crippen LogP contribution in [0.15, 0.2) is 0 Å². The van der Waals surface area contributed by atoms with Crippen LogP contribution in [0.3, 0.4) is 0 Å². The van der Waals surface area contributed by atoms with Crippen molar-refractivity contribution in [1.82, 2.24) is 15.5 Å². The van der Waals surface area contributed by atoms with Gasteiger partial charge in [-0.2, -0.15) is 0 Å². The molecule has 2 N–H and O–H groups in total. The Labute approximate surface area is 108 Å². The van der Waals surface area contributed by atoms with Crippen molar-refractivity contribution in [3.8, 4) is 0 Å². The summed E-state index contributed by atoms with van der Waals surface area (Å²) in [6.07, 6.45) is 2.74. The van der Waals surface area contributed by atoms with Crippen molar-refractivity contribution in [3.63, 3.8) is 0 Å². The minimum Gasteiger partial charge on any atom is -0.353 e. The Balaban J connectivity index is 1.99. The lowest BCUT2D eigenvalue weighted by Crippen LogP contribution is -2.59. The molecule has 102 valence electrons. The van der Waals surface area contributed by atoms with E-state index in [4.69, 9.17) is 0 Å². The topological polar surface area (TPSA) is 61.4 Å². The van der Waals surface area contributed by atoms with Crippen LogP contribution in [0.2, 0.25) is 0 Å². The van der Waals surface area contributed by atoms with Crippen molar-refractivity contribution < 1.29 is 9.59 Å². The average Bonchev–Trinajstić information content (AvgIpc) is 2.80. The lowest BCUT2D eigenvalue weighted by molar-refractivity contribution is -0.145. The molecule has 2 heterocycles. The number of hydrogen-bond donors (Lipinski definition) is 2. The Morgan fingerprint density at radius 1 is 1.44 bits per heavy atom. The van der Waals surface area contributed by atoms with E-state index in [-0.39, 0.29) is 23.8 Å². The van der Waals surface area contributed by atoms with Gasteiger partial charge < -0.3 is 15.5 Å². The summed E-state index contributed by atoms with van der Waals surface area (Å²) >= 11 is 0. The molecule has 2 amide bonds. The van der Waals surface area contributed by atoms with Gasteiger partial charge >= 0.3 is 0 Å². The number of rotatable bonds is 3. The van der Waals surface area contributed by atoms with Crippen LogP contribution in [0, 0.1) is 5.92 Å². The first kappa shape index (κ1) is 13.3. The van der Waals surface area contributed by atoms with Gasteiger partial charge in [0.25, 0.3) is 0 Å². The largest absolute Gasteiger partial charge is 0.353 e. The Bertz CT molecular complexity index is 324. The van der Waals surface area contributed by atoms with Gasteiger partial charge in [-0.1, -0.05) is 13.8 Å². The molecular weight excluding hydrogens is 230 g/mol. The number of piperazine rings is 1. The number of amides is 2. The fraction of sp³-hybridized carbons (Fsp3) is 0.846. The first-order valence-corrected chi connectivity index (χ1v) is 6.90. The van der Waals surface area contributed by atoms with Crippen molar-refractivity contribution in [1.29, 1.82) is 0 Å². The summed E-state index contributed by atoms with van der Waals surface area (Å²) in [6, 6.07) is 0.00273. The summed E-state index contributed by atoms with van der Waals surface area (Å²) in [5, 5.41) is 6.18. The zero-order valence-electron chi connectivity index (χ0n) is 11.2. The molecule has 2 aliphatic heterocycles. The van der Waals surface area contributed by atoms with Crippen LogP contribution in [0.1, 0.15) is 33.1 Å². The third kappa shape index (κ3) is 2.83. The summed E-state index contributed by atoms with van der Waals surface area (Å²) in [7, 11) is 0. The second-order valence-corrected chi connectivity index (χ2v) is 5.56. The highest BCUT2D eigenvalue weighted by molar-refractivity contribution is 5.89. The van der Waals surface area contributed by atoms with E-state index in [1.807, 2.05) is 13.8 Å². The molecule has 0 saturated carbocycles. The van der Waals surface area contributed by atoms with Crippen molar-refractivity contribution >= 4 is 11.8 Å². The highest BCUT2D eigenvalue weighted by atomic mass is 16.2. The summed E-state index contributed by atoms with van der Waals surface area (Å²) in [6.45, 7) is 6.20. The van der Waals surface area contributed by atoms with E-state index in [0.717, 1.165) is 19.4 Å². The maximum absolute atomic E-state index is 12.3. The monoisotopic (exact) mass is 253 g/mol. The quantitative estimate of drug-likeness (QED) is 0.750. The number of carbonyl (C=O) groups excluding carboxylic acids is 2. The van der Waals surface area contributed by atoms with Gasteiger partial charge in [-0.25, -0.2) is 0 Å². The maximum Gasteiger partial charge on any atom is 0.243 e. The molecule has 0 aliphatic carbocycles. The smallest absolute Gasteiger partial charge is 0.243 e. The minimum atomic E-state index is -0.298. The molecule has 0 aromatic heterocycles. The molecule has 0 bridgehead atoms. The van der Waals surface area contributed by atoms with Crippen LogP contribution >= 0.6 is 0 Å². The van der Waals surface area contributed by atoms with E-state index >= 15 is 0 Å². The van der Waals surface area contributed by atoms with Gasteiger partial charge in [0.1, 0.15) is 6.04 Å². The molecule has 0 aromatic rings. The molecule has 2 atom stereocenters. The third-order valence-corrected chi connectivity index (χ3v) is 3.79. The molecule has 2 aliphatic rings. The van der Waals surface area contributed by atoms with Gasteiger partial charge in [0.15, 0.2) is 0 Å². The molecule has 18 heavy (non-hydrogen) atoms. The Morgan fingerprint density at radius 3 is 2.83 bits per heavy atom. The minimum absolute atomic E-state index is 0.0102. The fourth-order valence-corrected chi connectivity index (χ4v) is 2.89. The number of hydrogen-bond acceptors (Lipinski definition) is 3. The molecule has 5 nitrogen and oxygen atoms in total. The maximum atomic E-state index is 12.3. The highest BCUT2D eigenvalue weighted by Gasteiger charge is 2.35. The van der Waals surface area contributed by atoms with Crippen LogP contribution < -0.4 is 10.6 Å². The zero-order chi connectivity index (χ0) is 13.1. The number of nitrogens with one attached hydrogen (secondary N) is 2. The molecule has 5 heteroatoms.